The zero-order chi connectivity index (χ0) is 14.6. The molecule has 3 aliphatic rings. The lowest BCUT2D eigenvalue weighted by Gasteiger charge is -2.22. The van der Waals surface area contributed by atoms with Gasteiger partial charge in [0.05, 0.1) is 0 Å². The van der Waals surface area contributed by atoms with Crippen LogP contribution in [0.5, 0.6) is 0 Å². The van der Waals surface area contributed by atoms with Crippen LogP contribution in [-0.4, -0.2) is 12.6 Å². The highest BCUT2D eigenvalue weighted by atomic mass is 35.5. The van der Waals surface area contributed by atoms with Gasteiger partial charge in [0, 0.05) is 11.1 Å². The Hall–Kier alpha value is -0.600. The van der Waals surface area contributed by atoms with Crippen LogP contribution in [-0.2, 0) is 6.42 Å². The molecule has 3 aliphatic carbocycles. The van der Waals surface area contributed by atoms with Crippen molar-refractivity contribution in [2.75, 3.05) is 6.54 Å². The van der Waals surface area contributed by atoms with Crippen molar-refractivity contribution in [3.63, 3.8) is 0 Å². The Balaban J connectivity index is 1.51. The van der Waals surface area contributed by atoms with E-state index in [1.165, 1.54) is 31.4 Å². The standard InChI is InChI=1S/C18H23ClFN/c1-2-21-15(8-10-5-6-13(20)9-14(10)19)18-16-11-3-4-12(7-11)17(16)18/h5-6,9,11-12,15-18,21H,2-4,7-8H2,1H3. The van der Waals surface area contributed by atoms with E-state index in [1.54, 1.807) is 0 Å². The summed E-state index contributed by atoms with van der Waals surface area (Å²) in [6, 6.07) is 5.34. The number of benzene rings is 1. The first-order chi connectivity index (χ1) is 10.2. The van der Waals surface area contributed by atoms with E-state index in [0.29, 0.717) is 11.1 Å². The van der Waals surface area contributed by atoms with Crippen LogP contribution in [0, 0.1) is 35.4 Å². The predicted octanol–water partition coefficient (Wildman–Crippen LogP) is 4.29. The molecule has 3 heteroatoms. The molecule has 2 bridgehead atoms. The van der Waals surface area contributed by atoms with E-state index in [2.05, 4.69) is 12.2 Å². The summed E-state index contributed by atoms with van der Waals surface area (Å²) in [6.07, 6.45) is 5.34. The van der Waals surface area contributed by atoms with Crippen molar-refractivity contribution < 1.29 is 4.39 Å². The summed E-state index contributed by atoms with van der Waals surface area (Å²) in [5, 5.41) is 4.26. The normalized spacial score (nSPS) is 37.6. The molecule has 4 rings (SSSR count). The van der Waals surface area contributed by atoms with Crippen LogP contribution >= 0.6 is 11.6 Å². The molecule has 1 nitrogen and oxygen atoms in total. The van der Waals surface area contributed by atoms with Crippen molar-refractivity contribution in [2.24, 2.45) is 29.6 Å². The summed E-state index contributed by atoms with van der Waals surface area (Å²) in [6.45, 7) is 3.17. The van der Waals surface area contributed by atoms with E-state index in [0.717, 1.165) is 48.1 Å². The zero-order valence-electron chi connectivity index (χ0n) is 12.5. The molecule has 0 radical (unpaired) electrons. The fourth-order valence-electron chi connectivity index (χ4n) is 5.46. The van der Waals surface area contributed by atoms with Gasteiger partial charge in [-0.25, -0.2) is 4.39 Å². The maximum absolute atomic E-state index is 13.2. The summed E-state index contributed by atoms with van der Waals surface area (Å²) in [7, 11) is 0. The van der Waals surface area contributed by atoms with Crippen molar-refractivity contribution in [1.82, 2.24) is 5.32 Å². The lowest BCUT2D eigenvalue weighted by molar-refractivity contribution is 0.365. The first-order valence-corrected chi connectivity index (χ1v) is 8.74. The molecule has 0 heterocycles. The molecule has 1 aromatic carbocycles. The van der Waals surface area contributed by atoms with Gasteiger partial charge >= 0.3 is 0 Å². The minimum atomic E-state index is -0.245. The molecule has 0 saturated heterocycles. The average Bonchev–Trinajstić information content (AvgIpc) is 2.88. The molecule has 114 valence electrons. The van der Waals surface area contributed by atoms with Gasteiger partial charge in [-0.3, -0.25) is 0 Å². The Bertz CT molecular complexity index is 530. The quantitative estimate of drug-likeness (QED) is 0.855. The third kappa shape index (κ3) is 2.31. The zero-order valence-corrected chi connectivity index (χ0v) is 13.2. The largest absolute Gasteiger partial charge is 0.314 e. The minimum absolute atomic E-state index is 0.245. The van der Waals surface area contributed by atoms with E-state index in [4.69, 9.17) is 11.6 Å². The molecule has 1 aromatic rings. The molecular weight excluding hydrogens is 285 g/mol. The fraction of sp³-hybridized carbons (Fsp3) is 0.667. The number of fused-ring (bicyclic) bond motifs is 5. The van der Waals surface area contributed by atoms with Crippen LogP contribution in [0.4, 0.5) is 4.39 Å². The van der Waals surface area contributed by atoms with Crippen molar-refractivity contribution in [2.45, 2.75) is 38.6 Å². The third-order valence-electron chi connectivity index (χ3n) is 6.18. The van der Waals surface area contributed by atoms with Crippen LogP contribution in [0.15, 0.2) is 18.2 Å². The van der Waals surface area contributed by atoms with E-state index in [-0.39, 0.29) is 5.82 Å². The molecule has 0 aromatic heterocycles. The Morgan fingerprint density at radius 3 is 2.62 bits per heavy atom. The number of hydrogen-bond acceptors (Lipinski definition) is 1. The Morgan fingerprint density at radius 1 is 1.29 bits per heavy atom. The second-order valence-corrected chi connectivity index (χ2v) is 7.58. The SMILES string of the molecule is CCNC(Cc1ccc(F)cc1Cl)C1C2C3CCC(C3)C21. The van der Waals surface area contributed by atoms with Gasteiger partial charge < -0.3 is 5.32 Å². The van der Waals surface area contributed by atoms with Gasteiger partial charge in [0.25, 0.3) is 0 Å². The highest BCUT2D eigenvalue weighted by Crippen LogP contribution is 2.70. The number of likely N-dealkylation sites (N-methyl/N-ethyl adjacent to an activating group) is 1. The number of hydrogen-bond donors (Lipinski definition) is 1. The molecule has 0 aliphatic heterocycles. The molecule has 3 fully saturated rings. The second kappa shape index (κ2) is 5.24. The minimum Gasteiger partial charge on any atom is -0.314 e. The van der Waals surface area contributed by atoms with Crippen molar-refractivity contribution in [3.05, 3.63) is 34.6 Å². The van der Waals surface area contributed by atoms with Gasteiger partial charge in [-0.15, -0.1) is 0 Å². The molecule has 21 heavy (non-hydrogen) atoms. The van der Waals surface area contributed by atoms with Crippen LogP contribution < -0.4 is 5.32 Å². The Kier molecular flexibility index (Phi) is 3.50. The van der Waals surface area contributed by atoms with Gasteiger partial charge in [0.2, 0.25) is 0 Å². The summed E-state index contributed by atoms with van der Waals surface area (Å²) >= 11 is 6.22. The van der Waals surface area contributed by atoms with Gasteiger partial charge in [-0.2, -0.15) is 0 Å². The number of halogens is 2. The third-order valence-corrected chi connectivity index (χ3v) is 6.53. The van der Waals surface area contributed by atoms with E-state index in [9.17, 15) is 4.39 Å². The molecule has 5 unspecified atom stereocenters. The molecule has 0 amide bonds. The van der Waals surface area contributed by atoms with Gasteiger partial charge in [0.15, 0.2) is 0 Å². The van der Waals surface area contributed by atoms with Crippen molar-refractivity contribution >= 4 is 11.6 Å². The summed E-state index contributed by atoms with van der Waals surface area (Å²) in [5.74, 6) is 4.51. The van der Waals surface area contributed by atoms with Crippen LogP contribution in [0.25, 0.3) is 0 Å². The van der Waals surface area contributed by atoms with Crippen LogP contribution in [0.3, 0.4) is 0 Å². The van der Waals surface area contributed by atoms with Crippen molar-refractivity contribution in [1.29, 1.82) is 0 Å². The molecule has 3 saturated carbocycles. The lowest BCUT2D eigenvalue weighted by Crippen LogP contribution is -2.35. The highest BCUT2D eigenvalue weighted by Gasteiger charge is 2.66. The summed E-state index contributed by atoms with van der Waals surface area (Å²) in [4.78, 5) is 0. The summed E-state index contributed by atoms with van der Waals surface area (Å²) in [5.41, 5.74) is 1.08. The van der Waals surface area contributed by atoms with Gasteiger partial charge in [-0.05, 0) is 79.5 Å². The molecule has 0 spiro atoms. The van der Waals surface area contributed by atoms with E-state index in [1.807, 2.05) is 6.07 Å². The Labute approximate surface area is 131 Å². The first kappa shape index (κ1) is 14.0. The highest BCUT2D eigenvalue weighted by molar-refractivity contribution is 6.31. The lowest BCUT2D eigenvalue weighted by atomic mass is 9.93. The maximum Gasteiger partial charge on any atom is 0.124 e. The average molecular weight is 308 g/mol. The molecule has 1 N–H and O–H groups in total. The second-order valence-electron chi connectivity index (χ2n) is 7.17. The topological polar surface area (TPSA) is 12.0 Å². The van der Waals surface area contributed by atoms with Gasteiger partial charge in [0.1, 0.15) is 5.82 Å². The monoisotopic (exact) mass is 307 g/mol. The van der Waals surface area contributed by atoms with Crippen LogP contribution in [0.2, 0.25) is 5.02 Å². The predicted molar refractivity (Wildman–Crippen MR) is 83.9 cm³/mol. The first-order valence-electron chi connectivity index (χ1n) is 8.36. The maximum atomic E-state index is 13.2. The smallest absolute Gasteiger partial charge is 0.124 e. The fourth-order valence-corrected chi connectivity index (χ4v) is 5.71. The van der Waals surface area contributed by atoms with E-state index < -0.39 is 0 Å². The van der Waals surface area contributed by atoms with Crippen LogP contribution in [0.1, 0.15) is 31.7 Å². The number of rotatable bonds is 5. The van der Waals surface area contributed by atoms with Crippen molar-refractivity contribution in [3.8, 4) is 0 Å². The molecular formula is C18H23ClFN. The Morgan fingerprint density at radius 2 is 2.00 bits per heavy atom. The molecule has 5 atom stereocenters. The van der Waals surface area contributed by atoms with Gasteiger partial charge in [-0.1, -0.05) is 24.6 Å². The number of nitrogens with one attached hydrogen (secondary N) is 1. The summed E-state index contributed by atoms with van der Waals surface area (Å²) < 4.78 is 13.2. The van der Waals surface area contributed by atoms with E-state index >= 15 is 0 Å².